The van der Waals surface area contributed by atoms with Crippen LogP contribution in [0, 0.1) is 0 Å². The average Bonchev–Trinajstić information content (AvgIpc) is 3.28. The predicted octanol–water partition coefficient (Wildman–Crippen LogP) is 4.44. The molecule has 0 aromatic heterocycles. The molecule has 2 fully saturated rings. The Morgan fingerprint density at radius 2 is 1.25 bits per heavy atom. The molecule has 5 nitrogen and oxygen atoms in total. The van der Waals surface area contributed by atoms with Gasteiger partial charge in [0.05, 0.1) is 6.61 Å². The van der Waals surface area contributed by atoms with Gasteiger partial charge in [0.15, 0.2) is 24.0 Å². The zero-order chi connectivity index (χ0) is 22.2. The molecule has 2 heterocycles. The van der Waals surface area contributed by atoms with Crippen molar-refractivity contribution in [2.24, 2.45) is 0 Å². The van der Waals surface area contributed by atoms with E-state index in [1.165, 1.54) is 0 Å². The maximum absolute atomic E-state index is 13.0. The number of fused-ring (bicyclic) bond motifs is 1. The molecular weight excluding hydrogens is 404 g/mol. The van der Waals surface area contributed by atoms with Gasteiger partial charge in [-0.15, -0.1) is 0 Å². The molecule has 0 saturated carbocycles. The van der Waals surface area contributed by atoms with Crippen molar-refractivity contribution in [1.82, 2.24) is 0 Å². The van der Waals surface area contributed by atoms with Gasteiger partial charge in [-0.25, -0.2) is 0 Å². The highest BCUT2D eigenvalue weighted by molar-refractivity contribution is 5.90. The molecule has 0 bridgehead atoms. The fourth-order valence-electron chi connectivity index (χ4n) is 4.52. The molecular formula is C27H26O5. The van der Waals surface area contributed by atoms with Crippen LogP contribution in [-0.2, 0) is 29.3 Å². The number of hydrogen-bond donors (Lipinski definition) is 0. The van der Waals surface area contributed by atoms with Crippen molar-refractivity contribution in [2.75, 3.05) is 6.61 Å². The van der Waals surface area contributed by atoms with Crippen molar-refractivity contribution in [3.05, 3.63) is 108 Å². The van der Waals surface area contributed by atoms with Crippen LogP contribution in [0.25, 0.3) is 0 Å². The molecule has 5 rings (SSSR count). The maximum Gasteiger partial charge on any atom is 0.198 e. The minimum absolute atomic E-state index is 0.0671. The topological polar surface area (TPSA) is 54.0 Å². The van der Waals surface area contributed by atoms with E-state index >= 15 is 0 Å². The average molecular weight is 431 g/mol. The Morgan fingerprint density at radius 3 is 1.69 bits per heavy atom. The highest BCUT2D eigenvalue weighted by atomic mass is 16.8. The van der Waals surface area contributed by atoms with Gasteiger partial charge in [0, 0.05) is 0 Å². The number of carbonyl (C=O) groups excluding carboxylic acids is 1. The van der Waals surface area contributed by atoms with E-state index in [4.69, 9.17) is 18.9 Å². The molecule has 0 unspecified atom stereocenters. The van der Waals surface area contributed by atoms with Gasteiger partial charge in [0.1, 0.15) is 11.7 Å². The van der Waals surface area contributed by atoms with Gasteiger partial charge in [-0.2, -0.15) is 0 Å². The van der Waals surface area contributed by atoms with Crippen molar-refractivity contribution >= 4 is 5.78 Å². The standard InChI is InChI=1S/C27H26O5/c1-26(2)31-24-23(28)22(30-25(24)32-26)18-29-27(19-12-6-3-7-13-19,20-14-8-4-9-15-20)21-16-10-5-11-17-21/h3-17,22,24-25H,18H2,1-2H3/t22-,24-,25-/m0/s1. The minimum atomic E-state index is -0.911. The van der Waals surface area contributed by atoms with Gasteiger partial charge in [0.2, 0.25) is 0 Å². The summed E-state index contributed by atoms with van der Waals surface area (Å²) in [6.45, 7) is 3.62. The number of Topliss-reactive ketones (excluding diaryl/α,β-unsaturated/α-hetero) is 1. The lowest BCUT2D eigenvalue weighted by atomic mass is 9.80. The summed E-state index contributed by atoms with van der Waals surface area (Å²) >= 11 is 0. The van der Waals surface area contributed by atoms with Crippen molar-refractivity contribution in [1.29, 1.82) is 0 Å². The Kier molecular flexibility index (Phi) is 5.43. The molecule has 164 valence electrons. The monoisotopic (exact) mass is 430 g/mol. The van der Waals surface area contributed by atoms with E-state index in [1.54, 1.807) is 13.8 Å². The Hall–Kier alpha value is -2.83. The molecule has 3 atom stereocenters. The lowest BCUT2D eigenvalue weighted by Gasteiger charge is -2.36. The second kappa shape index (κ2) is 8.26. The van der Waals surface area contributed by atoms with Crippen LogP contribution in [0.3, 0.4) is 0 Å². The largest absolute Gasteiger partial charge is 0.358 e. The lowest BCUT2D eigenvalue weighted by molar-refractivity contribution is -0.211. The van der Waals surface area contributed by atoms with Gasteiger partial charge in [-0.1, -0.05) is 91.0 Å². The summed E-state index contributed by atoms with van der Waals surface area (Å²) < 4.78 is 24.1. The van der Waals surface area contributed by atoms with Gasteiger partial charge < -0.3 is 18.9 Å². The molecule has 3 aromatic carbocycles. The summed E-state index contributed by atoms with van der Waals surface area (Å²) in [6, 6.07) is 30.1. The van der Waals surface area contributed by atoms with E-state index in [2.05, 4.69) is 0 Å². The molecule has 0 aliphatic carbocycles. The fraction of sp³-hybridized carbons (Fsp3) is 0.296. The predicted molar refractivity (Wildman–Crippen MR) is 119 cm³/mol. The maximum atomic E-state index is 13.0. The van der Waals surface area contributed by atoms with Crippen LogP contribution in [-0.4, -0.2) is 36.7 Å². The SMILES string of the molecule is CC1(C)O[C@@H]2O[C@@H](COC(c3ccccc3)(c3ccccc3)c3ccccc3)C(=O)[C@@H]2O1. The van der Waals surface area contributed by atoms with Crippen molar-refractivity contribution in [3.63, 3.8) is 0 Å². The van der Waals surface area contributed by atoms with Gasteiger partial charge in [0.25, 0.3) is 0 Å². The fourth-order valence-corrected chi connectivity index (χ4v) is 4.52. The number of rotatable bonds is 6. The zero-order valence-corrected chi connectivity index (χ0v) is 18.1. The molecule has 5 heteroatoms. The van der Waals surface area contributed by atoms with E-state index in [1.807, 2.05) is 91.0 Å². The molecule has 0 amide bonds. The third-order valence-electron chi connectivity index (χ3n) is 5.95. The molecule has 0 N–H and O–H groups in total. The summed E-state index contributed by atoms with van der Waals surface area (Å²) in [5.41, 5.74) is 2.00. The Labute approximate surface area is 187 Å². The number of carbonyl (C=O) groups is 1. The summed E-state index contributed by atoms with van der Waals surface area (Å²) in [4.78, 5) is 13.0. The van der Waals surface area contributed by atoms with E-state index in [-0.39, 0.29) is 12.4 Å². The lowest BCUT2D eigenvalue weighted by Crippen LogP contribution is -2.38. The van der Waals surface area contributed by atoms with Crippen LogP contribution in [0.1, 0.15) is 30.5 Å². The van der Waals surface area contributed by atoms with Crippen molar-refractivity contribution in [2.45, 2.75) is 43.7 Å². The summed E-state index contributed by atoms with van der Waals surface area (Å²) in [5.74, 6) is -0.984. The number of hydrogen-bond acceptors (Lipinski definition) is 5. The number of benzene rings is 3. The van der Waals surface area contributed by atoms with E-state index in [0.717, 1.165) is 16.7 Å². The molecule has 0 spiro atoms. The highest BCUT2D eigenvalue weighted by Gasteiger charge is 2.55. The van der Waals surface area contributed by atoms with E-state index in [0.29, 0.717) is 0 Å². The van der Waals surface area contributed by atoms with Crippen molar-refractivity contribution in [3.8, 4) is 0 Å². The second-order valence-electron chi connectivity index (χ2n) is 8.54. The molecule has 3 aromatic rings. The first kappa shape index (κ1) is 21.0. The van der Waals surface area contributed by atoms with Crippen LogP contribution in [0.2, 0.25) is 0 Å². The molecule has 2 aliphatic heterocycles. The van der Waals surface area contributed by atoms with Crippen LogP contribution < -0.4 is 0 Å². The Balaban J connectivity index is 1.52. The first-order valence-electron chi connectivity index (χ1n) is 10.8. The third kappa shape index (κ3) is 3.67. The second-order valence-corrected chi connectivity index (χ2v) is 8.54. The van der Waals surface area contributed by atoms with Gasteiger partial charge in [-0.3, -0.25) is 4.79 Å². The normalized spacial score (nSPS) is 24.4. The van der Waals surface area contributed by atoms with Crippen molar-refractivity contribution < 1.29 is 23.7 Å². The zero-order valence-electron chi connectivity index (χ0n) is 18.1. The van der Waals surface area contributed by atoms with E-state index < -0.39 is 29.9 Å². The van der Waals surface area contributed by atoms with Crippen LogP contribution in [0.15, 0.2) is 91.0 Å². The van der Waals surface area contributed by atoms with Crippen LogP contribution >= 0.6 is 0 Å². The number of ketones is 1. The Bertz CT molecular complexity index is 968. The van der Waals surface area contributed by atoms with Gasteiger partial charge >= 0.3 is 0 Å². The highest BCUT2D eigenvalue weighted by Crippen LogP contribution is 2.42. The molecule has 32 heavy (non-hydrogen) atoms. The summed E-state index contributed by atoms with van der Waals surface area (Å²) in [5, 5.41) is 0. The first-order chi connectivity index (χ1) is 15.5. The minimum Gasteiger partial charge on any atom is -0.358 e. The smallest absolute Gasteiger partial charge is 0.198 e. The van der Waals surface area contributed by atoms with E-state index in [9.17, 15) is 4.79 Å². The first-order valence-corrected chi connectivity index (χ1v) is 10.8. The van der Waals surface area contributed by atoms with Crippen LogP contribution in [0.4, 0.5) is 0 Å². The quantitative estimate of drug-likeness (QED) is 0.541. The summed E-state index contributed by atoms with van der Waals surface area (Å²) in [6.07, 6.45) is -2.19. The Morgan fingerprint density at radius 1 is 0.781 bits per heavy atom. The third-order valence-corrected chi connectivity index (χ3v) is 5.95. The molecule has 2 aliphatic rings. The molecule has 0 radical (unpaired) electrons. The van der Waals surface area contributed by atoms with Crippen LogP contribution in [0.5, 0.6) is 0 Å². The number of ether oxygens (including phenoxy) is 4. The molecule has 2 saturated heterocycles. The summed E-state index contributed by atoms with van der Waals surface area (Å²) in [7, 11) is 0. The van der Waals surface area contributed by atoms with Gasteiger partial charge in [-0.05, 0) is 30.5 Å².